The predicted octanol–water partition coefficient (Wildman–Crippen LogP) is 2.74. The van der Waals surface area contributed by atoms with Crippen molar-refractivity contribution in [1.82, 2.24) is 9.88 Å². The first-order valence-electron chi connectivity index (χ1n) is 11.7. The number of aromatic nitrogens is 1. The SMILES string of the molecule is O=C(CCc1ccc(F)cc1)c1c[nH]c(C(=O)N2CCOCC2CO)c(OCc2ccccc2)c1=O. The summed E-state index contributed by atoms with van der Waals surface area (Å²) in [6.07, 6.45) is 1.58. The molecule has 0 aliphatic carbocycles. The zero-order chi connectivity index (χ0) is 25.5. The molecule has 4 rings (SSSR count). The molecule has 1 saturated heterocycles. The number of rotatable bonds is 9. The van der Waals surface area contributed by atoms with Gasteiger partial charge in [0, 0.05) is 19.2 Å². The van der Waals surface area contributed by atoms with E-state index < -0.39 is 23.2 Å². The maximum atomic E-state index is 13.4. The lowest BCUT2D eigenvalue weighted by Crippen LogP contribution is -2.51. The number of hydrogen-bond acceptors (Lipinski definition) is 6. The Morgan fingerprint density at radius 2 is 1.86 bits per heavy atom. The molecule has 9 heteroatoms. The molecule has 0 radical (unpaired) electrons. The second-order valence-corrected chi connectivity index (χ2v) is 8.47. The summed E-state index contributed by atoms with van der Waals surface area (Å²) in [5, 5.41) is 9.68. The average Bonchev–Trinajstić information content (AvgIpc) is 2.92. The van der Waals surface area contributed by atoms with Crippen LogP contribution in [-0.2, 0) is 17.8 Å². The Bertz CT molecular complexity index is 1260. The van der Waals surface area contributed by atoms with E-state index in [1.54, 1.807) is 12.1 Å². The minimum atomic E-state index is -0.689. The van der Waals surface area contributed by atoms with Crippen LogP contribution in [0.1, 0.15) is 38.4 Å². The second kappa shape index (κ2) is 11.7. The molecule has 8 nitrogen and oxygen atoms in total. The van der Waals surface area contributed by atoms with Gasteiger partial charge in [-0.15, -0.1) is 0 Å². The number of aromatic amines is 1. The van der Waals surface area contributed by atoms with Crippen LogP contribution < -0.4 is 10.2 Å². The van der Waals surface area contributed by atoms with E-state index in [1.165, 1.54) is 23.2 Å². The van der Waals surface area contributed by atoms with E-state index in [2.05, 4.69) is 4.98 Å². The van der Waals surface area contributed by atoms with Crippen LogP contribution in [-0.4, -0.2) is 59.1 Å². The highest BCUT2D eigenvalue weighted by atomic mass is 19.1. The lowest BCUT2D eigenvalue weighted by molar-refractivity contribution is -0.0188. The van der Waals surface area contributed by atoms with Gasteiger partial charge in [-0.2, -0.15) is 0 Å². The lowest BCUT2D eigenvalue weighted by atomic mass is 10.0. The van der Waals surface area contributed by atoms with Gasteiger partial charge in [-0.3, -0.25) is 14.4 Å². The molecule has 0 spiro atoms. The molecule has 1 atom stereocenters. The Balaban J connectivity index is 1.62. The van der Waals surface area contributed by atoms with Crippen molar-refractivity contribution in [3.8, 4) is 5.75 Å². The van der Waals surface area contributed by atoms with Crippen molar-refractivity contribution in [3.63, 3.8) is 0 Å². The Labute approximate surface area is 207 Å². The molecule has 1 aliphatic rings. The molecule has 1 unspecified atom stereocenters. The second-order valence-electron chi connectivity index (χ2n) is 8.47. The Kier molecular flexibility index (Phi) is 8.24. The van der Waals surface area contributed by atoms with Gasteiger partial charge in [0.1, 0.15) is 12.4 Å². The van der Waals surface area contributed by atoms with E-state index in [4.69, 9.17) is 9.47 Å². The average molecular weight is 495 g/mol. The third kappa shape index (κ3) is 5.87. The van der Waals surface area contributed by atoms with Gasteiger partial charge in [-0.05, 0) is 29.7 Å². The first kappa shape index (κ1) is 25.3. The van der Waals surface area contributed by atoms with E-state index in [0.29, 0.717) is 13.0 Å². The number of Topliss-reactive ketones (excluding diaryl/α,β-unsaturated/α-hetero) is 1. The van der Waals surface area contributed by atoms with Crippen molar-refractivity contribution in [2.75, 3.05) is 26.4 Å². The maximum absolute atomic E-state index is 13.4. The lowest BCUT2D eigenvalue weighted by Gasteiger charge is -2.34. The zero-order valence-corrected chi connectivity index (χ0v) is 19.6. The number of halogens is 1. The summed E-state index contributed by atoms with van der Waals surface area (Å²) in [7, 11) is 0. The number of nitrogens with one attached hydrogen (secondary N) is 1. The number of hydrogen-bond donors (Lipinski definition) is 2. The number of H-pyrrole nitrogens is 1. The zero-order valence-electron chi connectivity index (χ0n) is 19.6. The standard InChI is InChI=1S/C27H27FN2O6/c28-20-9-6-18(7-10-20)8-11-23(32)22-14-29-24(27(34)30-12-13-35-17-21(30)15-31)26(25(22)33)36-16-19-4-2-1-3-5-19/h1-7,9-10,14,21,31H,8,11-13,15-17H2,(H,29,33). The molecule has 1 aliphatic heterocycles. The van der Waals surface area contributed by atoms with Crippen LogP contribution in [0.2, 0.25) is 0 Å². The van der Waals surface area contributed by atoms with E-state index in [1.807, 2.05) is 30.3 Å². The molecule has 0 bridgehead atoms. The summed E-state index contributed by atoms with van der Waals surface area (Å²) in [6.45, 7) is 0.432. The number of nitrogens with zero attached hydrogens (tertiary/aromatic N) is 1. The van der Waals surface area contributed by atoms with Crippen molar-refractivity contribution in [2.24, 2.45) is 0 Å². The maximum Gasteiger partial charge on any atom is 0.274 e. The molecule has 2 heterocycles. The Hall–Kier alpha value is -3.82. The van der Waals surface area contributed by atoms with E-state index in [0.717, 1.165) is 11.1 Å². The topological polar surface area (TPSA) is 109 Å². The number of aliphatic hydroxyl groups excluding tert-OH is 1. The summed E-state index contributed by atoms with van der Waals surface area (Å²) in [5.74, 6) is -1.57. The number of carbonyl (C=O) groups excluding carboxylic acids is 2. The molecular formula is C27H27FN2O6. The number of morpholine rings is 1. The van der Waals surface area contributed by atoms with Crippen molar-refractivity contribution in [3.05, 3.63) is 99.2 Å². The Morgan fingerprint density at radius 1 is 1.11 bits per heavy atom. The monoisotopic (exact) mass is 494 g/mol. The van der Waals surface area contributed by atoms with Gasteiger partial charge in [0.25, 0.3) is 5.91 Å². The number of carbonyl (C=O) groups is 2. The molecule has 1 aromatic heterocycles. The molecule has 0 saturated carbocycles. The number of aliphatic hydroxyl groups is 1. The molecule has 188 valence electrons. The number of aryl methyl sites for hydroxylation is 1. The van der Waals surface area contributed by atoms with Gasteiger partial charge in [-0.1, -0.05) is 42.5 Å². The van der Waals surface area contributed by atoms with E-state index in [9.17, 15) is 23.9 Å². The molecule has 3 aromatic rings. The Morgan fingerprint density at radius 3 is 2.58 bits per heavy atom. The van der Waals surface area contributed by atoms with Crippen LogP contribution in [0.5, 0.6) is 5.75 Å². The quantitative estimate of drug-likeness (QED) is 0.443. The van der Waals surface area contributed by atoms with Crippen LogP contribution in [0.25, 0.3) is 0 Å². The van der Waals surface area contributed by atoms with E-state index >= 15 is 0 Å². The number of ketones is 1. The summed E-state index contributed by atoms with van der Waals surface area (Å²) in [4.78, 5) is 43.9. The first-order chi connectivity index (χ1) is 17.5. The minimum Gasteiger partial charge on any atom is -0.483 e. The molecule has 1 fully saturated rings. The molecule has 36 heavy (non-hydrogen) atoms. The summed E-state index contributed by atoms with van der Waals surface area (Å²) >= 11 is 0. The fraction of sp³-hybridized carbons (Fsp3) is 0.296. The van der Waals surface area contributed by atoms with Crippen LogP contribution in [0.3, 0.4) is 0 Å². The van der Waals surface area contributed by atoms with Crippen molar-refractivity contribution in [1.29, 1.82) is 0 Å². The van der Waals surface area contributed by atoms with Gasteiger partial charge < -0.3 is 24.5 Å². The number of ether oxygens (including phenoxy) is 2. The van der Waals surface area contributed by atoms with E-state index in [-0.39, 0.29) is 55.6 Å². The molecule has 2 N–H and O–H groups in total. The van der Waals surface area contributed by atoms with Crippen molar-refractivity contribution in [2.45, 2.75) is 25.5 Å². The summed E-state index contributed by atoms with van der Waals surface area (Å²) < 4.78 is 24.3. The number of benzene rings is 2. The van der Waals surface area contributed by atoms with Crippen molar-refractivity contribution < 1.29 is 28.6 Å². The highest BCUT2D eigenvalue weighted by Gasteiger charge is 2.31. The van der Waals surface area contributed by atoms with Gasteiger partial charge in [0.05, 0.1) is 31.4 Å². The first-order valence-corrected chi connectivity index (χ1v) is 11.7. The van der Waals surface area contributed by atoms with Crippen molar-refractivity contribution >= 4 is 11.7 Å². The normalized spacial score (nSPS) is 15.5. The third-order valence-electron chi connectivity index (χ3n) is 6.03. The highest BCUT2D eigenvalue weighted by molar-refractivity contribution is 5.99. The number of pyridine rings is 1. The fourth-order valence-electron chi connectivity index (χ4n) is 4.01. The van der Waals surface area contributed by atoms with Gasteiger partial charge in [0.2, 0.25) is 5.43 Å². The molecular weight excluding hydrogens is 467 g/mol. The summed E-state index contributed by atoms with van der Waals surface area (Å²) in [6, 6.07) is 14.4. The fourth-order valence-corrected chi connectivity index (χ4v) is 4.01. The van der Waals surface area contributed by atoms with Crippen LogP contribution in [0.4, 0.5) is 4.39 Å². The minimum absolute atomic E-state index is 0.0178. The molecule has 1 amide bonds. The van der Waals surface area contributed by atoms with Crippen LogP contribution >= 0.6 is 0 Å². The number of amides is 1. The predicted molar refractivity (Wildman–Crippen MR) is 130 cm³/mol. The third-order valence-corrected chi connectivity index (χ3v) is 6.03. The summed E-state index contributed by atoms with van der Waals surface area (Å²) in [5.41, 5.74) is 0.633. The van der Waals surface area contributed by atoms with Crippen LogP contribution in [0, 0.1) is 5.82 Å². The smallest absolute Gasteiger partial charge is 0.274 e. The van der Waals surface area contributed by atoms with Crippen LogP contribution in [0.15, 0.2) is 65.6 Å². The van der Waals surface area contributed by atoms with Gasteiger partial charge in [0.15, 0.2) is 17.2 Å². The van der Waals surface area contributed by atoms with Gasteiger partial charge in [-0.25, -0.2) is 4.39 Å². The largest absolute Gasteiger partial charge is 0.483 e. The van der Waals surface area contributed by atoms with Gasteiger partial charge >= 0.3 is 0 Å². The molecule has 2 aromatic carbocycles. The highest BCUT2D eigenvalue weighted by Crippen LogP contribution is 2.20.